The summed E-state index contributed by atoms with van der Waals surface area (Å²) in [5.41, 5.74) is 1.21. The summed E-state index contributed by atoms with van der Waals surface area (Å²) in [5.74, 6) is 0.862. The minimum absolute atomic E-state index is 0.407. The molecule has 2 aromatic rings. The number of aliphatic hydroxyl groups is 1. The Hall–Kier alpha value is -0.840. The highest BCUT2D eigenvalue weighted by Gasteiger charge is 2.14. The first-order chi connectivity index (χ1) is 9.10. The molecule has 0 saturated carbocycles. The highest BCUT2D eigenvalue weighted by atomic mass is 79.9. The zero-order valence-electron chi connectivity index (χ0n) is 11.0. The van der Waals surface area contributed by atoms with Gasteiger partial charge in [-0.15, -0.1) is 11.3 Å². The zero-order chi connectivity index (χ0) is 13.8. The van der Waals surface area contributed by atoms with Gasteiger partial charge in [0.1, 0.15) is 5.75 Å². The van der Waals surface area contributed by atoms with Crippen molar-refractivity contribution in [3.8, 4) is 5.75 Å². The molecule has 0 aliphatic carbocycles. The Morgan fingerprint density at radius 1 is 1.32 bits per heavy atom. The molecule has 1 unspecified atom stereocenters. The molecule has 1 atom stereocenters. The number of benzene rings is 1. The zero-order valence-corrected chi connectivity index (χ0v) is 13.4. The van der Waals surface area contributed by atoms with Crippen molar-refractivity contribution in [1.82, 2.24) is 0 Å². The number of aryl methyl sites for hydroxylation is 2. The van der Waals surface area contributed by atoms with Crippen LogP contribution in [-0.4, -0.2) is 12.2 Å². The lowest BCUT2D eigenvalue weighted by Gasteiger charge is -2.10. The summed E-state index contributed by atoms with van der Waals surface area (Å²) in [7, 11) is 1.66. The fourth-order valence-corrected chi connectivity index (χ4v) is 3.89. The maximum Gasteiger partial charge on any atom is 0.118 e. The van der Waals surface area contributed by atoms with E-state index >= 15 is 0 Å². The Morgan fingerprint density at radius 2 is 2.00 bits per heavy atom. The first-order valence-electron chi connectivity index (χ1n) is 6.17. The lowest BCUT2D eigenvalue weighted by molar-refractivity contribution is 0.171. The predicted octanol–water partition coefficient (Wildman–Crippen LogP) is 4.49. The molecule has 0 radical (unpaired) electrons. The summed E-state index contributed by atoms with van der Waals surface area (Å²) < 4.78 is 6.14. The van der Waals surface area contributed by atoms with Crippen molar-refractivity contribution in [2.75, 3.05) is 7.11 Å². The van der Waals surface area contributed by atoms with E-state index in [1.54, 1.807) is 18.4 Å². The maximum absolute atomic E-state index is 10.2. The van der Waals surface area contributed by atoms with Crippen LogP contribution in [0.2, 0.25) is 0 Å². The average molecular weight is 341 g/mol. The molecule has 102 valence electrons. The second-order valence-corrected chi connectivity index (χ2v) is 6.61. The SMILES string of the molecule is COc1ccc(CCC(O)c2sc(C)cc2Br)cc1. The second-order valence-electron chi connectivity index (χ2n) is 4.47. The quantitative estimate of drug-likeness (QED) is 0.868. The van der Waals surface area contributed by atoms with Crippen LogP contribution in [0.4, 0.5) is 0 Å². The lowest BCUT2D eigenvalue weighted by atomic mass is 10.1. The number of ether oxygens (including phenoxy) is 1. The van der Waals surface area contributed by atoms with Crippen molar-refractivity contribution in [3.05, 3.63) is 50.1 Å². The Bertz CT molecular complexity index is 534. The van der Waals surface area contributed by atoms with Crippen LogP contribution in [0.1, 0.15) is 27.8 Å². The van der Waals surface area contributed by atoms with Crippen LogP contribution in [0.3, 0.4) is 0 Å². The molecule has 19 heavy (non-hydrogen) atoms. The van der Waals surface area contributed by atoms with E-state index in [-0.39, 0.29) is 0 Å². The summed E-state index contributed by atoms with van der Waals surface area (Å²) in [5, 5.41) is 10.2. The van der Waals surface area contributed by atoms with Gasteiger partial charge in [-0.2, -0.15) is 0 Å². The monoisotopic (exact) mass is 340 g/mol. The van der Waals surface area contributed by atoms with Crippen molar-refractivity contribution in [2.45, 2.75) is 25.9 Å². The van der Waals surface area contributed by atoms with Crippen molar-refractivity contribution >= 4 is 27.3 Å². The summed E-state index contributed by atoms with van der Waals surface area (Å²) in [6.07, 6.45) is 1.18. The number of halogens is 1. The third-order valence-electron chi connectivity index (χ3n) is 3.00. The van der Waals surface area contributed by atoms with Gasteiger partial charge in [0.05, 0.1) is 13.2 Å². The third kappa shape index (κ3) is 3.81. The van der Waals surface area contributed by atoms with Gasteiger partial charge in [-0.25, -0.2) is 0 Å². The van der Waals surface area contributed by atoms with E-state index in [2.05, 4.69) is 28.9 Å². The Morgan fingerprint density at radius 3 is 2.53 bits per heavy atom. The van der Waals surface area contributed by atoms with Crippen LogP contribution in [0.5, 0.6) is 5.75 Å². The summed E-state index contributed by atoms with van der Waals surface area (Å²) >= 11 is 5.14. The van der Waals surface area contributed by atoms with Crippen LogP contribution in [-0.2, 0) is 6.42 Å². The summed E-state index contributed by atoms with van der Waals surface area (Å²) in [6, 6.07) is 10.0. The Kier molecular flexibility index (Phi) is 5.02. The molecule has 0 aliphatic rings. The van der Waals surface area contributed by atoms with Gasteiger partial charge in [0, 0.05) is 14.2 Å². The topological polar surface area (TPSA) is 29.5 Å². The highest BCUT2D eigenvalue weighted by Crippen LogP contribution is 2.34. The number of thiophene rings is 1. The fourth-order valence-electron chi connectivity index (χ4n) is 1.96. The van der Waals surface area contributed by atoms with E-state index in [0.29, 0.717) is 0 Å². The van der Waals surface area contributed by atoms with Gasteiger partial charge < -0.3 is 9.84 Å². The molecular weight excluding hydrogens is 324 g/mol. The molecule has 0 amide bonds. The average Bonchev–Trinajstić information content (AvgIpc) is 2.75. The maximum atomic E-state index is 10.2. The minimum Gasteiger partial charge on any atom is -0.497 e. The van der Waals surface area contributed by atoms with Crippen molar-refractivity contribution in [3.63, 3.8) is 0 Å². The number of hydrogen-bond donors (Lipinski definition) is 1. The molecule has 1 aromatic heterocycles. The van der Waals surface area contributed by atoms with E-state index in [4.69, 9.17) is 4.74 Å². The summed E-state index contributed by atoms with van der Waals surface area (Å²) in [4.78, 5) is 2.23. The van der Waals surface area contributed by atoms with Crippen LogP contribution >= 0.6 is 27.3 Å². The van der Waals surface area contributed by atoms with Gasteiger partial charge in [0.2, 0.25) is 0 Å². The van der Waals surface area contributed by atoms with Gasteiger partial charge in [-0.3, -0.25) is 0 Å². The van der Waals surface area contributed by atoms with Gasteiger partial charge in [0.15, 0.2) is 0 Å². The number of methoxy groups -OCH3 is 1. The van der Waals surface area contributed by atoms with Crippen LogP contribution < -0.4 is 4.74 Å². The number of rotatable bonds is 5. The molecule has 1 aromatic carbocycles. The van der Waals surface area contributed by atoms with E-state index in [0.717, 1.165) is 27.9 Å². The number of aliphatic hydroxyl groups excluding tert-OH is 1. The standard InChI is InChI=1S/C15H17BrO2S/c1-10-9-13(16)15(19-10)14(17)8-5-11-3-6-12(18-2)7-4-11/h3-4,6-7,9,14,17H,5,8H2,1-2H3. The molecule has 0 saturated heterocycles. The molecule has 0 bridgehead atoms. The van der Waals surface area contributed by atoms with Crippen molar-refractivity contribution < 1.29 is 9.84 Å². The van der Waals surface area contributed by atoms with E-state index in [9.17, 15) is 5.11 Å². The predicted molar refractivity (Wildman–Crippen MR) is 83.0 cm³/mol. The molecule has 2 nitrogen and oxygen atoms in total. The van der Waals surface area contributed by atoms with Crippen LogP contribution in [0.15, 0.2) is 34.8 Å². The van der Waals surface area contributed by atoms with E-state index < -0.39 is 6.10 Å². The fraction of sp³-hybridized carbons (Fsp3) is 0.333. The lowest BCUT2D eigenvalue weighted by Crippen LogP contribution is -1.98. The van der Waals surface area contributed by atoms with Crippen LogP contribution in [0, 0.1) is 6.92 Å². The van der Waals surface area contributed by atoms with Crippen molar-refractivity contribution in [1.29, 1.82) is 0 Å². The van der Waals surface area contributed by atoms with Gasteiger partial charge in [-0.05, 0) is 59.5 Å². The molecule has 4 heteroatoms. The Balaban J connectivity index is 1.96. The molecular formula is C15H17BrO2S. The largest absolute Gasteiger partial charge is 0.497 e. The van der Waals surface area contributed by atoms with Gasteiger partial charge >= 0.3 is 0 Å². The van der Waals surface area contributed by atoms with Gasteiger partial charge in [-0.1, -0.05) is 12.1 Å². The van der Waals surface area contributed by atoms with Gasteiger partial charge in [0.25, 0.3) is 0 Å². The molecule has 1 N–H and O–H groups in total. The molecule has 0 aliphatic heterocycles. The molecule has 1 heterocycles. The highest BCUT2D eigenvalue weighted by molar-refractivity contribution is 9.10. The smallest absolute Gasteiger partial charge is 0.118 e. The molecule has 0 fully saturated rings. The molecule has 0 spiro atoms. The van der Waals surface area contributed by atoms with E-state index in [1.165, 1.54) is 10.4 Å². The third-order valence-corrected chi connectivity index (χ3v) is 5.07. The summed E-state index contributed by atoms with van der Waals surface area (Å²) in [6.45, 7) is 2.05. The van der Waals surface area contributed by atoms with E-state index in [1.807, 2.05) is 24.3 Å². The number of hydrogen-bond acceptors (Lipinski definition) is 3. The Labute approximate surface area is 126 Å². The van der Waals surface area contributed by atoms with Crippen molar-refractivity contribution in [2.24, 2.45) is 0 Å². The minimum atomic E-state index is -0.407. The van der Waals surface area contributed by atoms with Crippen LogP contribution in [0.25, 0.3) is 0 Å². The first kappa shape index (κ1) is 14.6. The first-order valence-corrected chi connectivity index (χ1v) is 7.78. The molecule has 2 rings (SSSR count). The normalized spacial score (nSPS) is 12.4. The second kappa shape index (κ2) is 6.55.